The van der Waals surface area contributed by atoms with Crippen molar-refractivity contribution in [3.8, 4) is 0 Å². The number of fused-ring (bicyclic) bond motifs is 3. The first-order valence-corrected chi connectivity index (χ1v) is 10.5. The molecule has 28 heavy (non-hydrogen) atoms. The van der Waals surface area contributed by atoms with Crippen LogP contribution in [0.2, 0.25) is 0 Å². The maximum absolute atomic E-state index is 15.2. The summed E-state index contributed by atoms with van der Waals surface area (Å²) in [6.45, 7) is 2.47. The number of aromatic nitrogens is 2. The largest absolute Gasteiger partial charge is 0.368 e. The zero-order valence-electron chi connectivity index (χ0n) is 15.9. The minimum Gasteiger partial charge on any atom is -0.368 e. The van der Waals surface area contributed by atoms with Gasteiger partial charge in [-0.2, -0.15) is 5.10 Å². The monoisotopic (exact) mass is 448 g/mol. The molecule has 3 heterocycles. The van der Waals surface area contributed by atoms with Crippen LogP contribution in [0.15, 0.2) is 40.9 Å². The van der Waals surface area contributed by atoms with E-state index in [2.05, 4.69) is 44.0 Å². The third-order valence-electron chi connectivity index (χ3n) is 6.40. The van der Waals surface area contributed by atoms with Gasteiger partial charge in [0, 0.05) is 35.7 Å². The molecular weight excluding hydrogens is 426 g/mol. The quantitative estimate of drug-likeness (QED) is 0.735. The summed E-state index contributed by atoms with van der Waals surface area (Å²) in [4.78, 5) is 4.08. The summed E-state index contributed by atoms with van der Waals surface area (Å²) in [6.07, 6.45) is 7.27. The Balaban J connectivity index is 1.66. The summed E-state index contributed by atoms with van der Waals surface area (Å²) in [5.41, 5.74) is 2.12. The number of halogens is 3. The molecule has 0 spiro atoms. The number of benzene rings is 1. The average molecular weight is 449 g/mol. The van der Waals surface area contributed by atoms with E-state index in [1.165, 1.54) is 11.6 Å². The van der Waals surface area contributed by atoms with Gasteiger partial charge in [-0.05, 0) is 65.4 Å². The second-order valence-electron chi connectivity index (χ2n) is 8.44. The number of hydrogen-bond donors (Lipinski definition) is 1. The van der Waals surface area contributed by atoms with Gasteiger partial charge in [0.05, 0.1) is 23.8 Å². The van der Waals surface area contributed by atoms with E-state index in [4.69, 9.17) is 0 Å². The summed E-state index contributed by atoms with van der Waals surface area (Å²) in [7, 11) is 1.88. The molecule has 0 bridgehead atoms. The lowest BCUT2D eigenvalue weighted by Crippen LogP contribution is -2.53. The van der Waals surface area contributed by atoms with Crippen LogP contribution in [0.5, 0.6) is 0 Å². The molecule has 1 aliphatic carbocycles. The van der Waals surface area contributed by atoms with Crippen LogP contribution in [0, 0.1) is 0 Å². The molecule has 1 unspecified atom stereocenters. The van der Waals surface area contributed by atoms with Crippen LogP contribution < -0.4 is 0 Å². The maximum atomic E-state index is 15.2. The Kier molecular flexibility index (Phi) is 4.18. The fraction of sp³-hybridized carbons (Fsp3) is 0.476. The number of hydrogen-bond acceptors (Lipinski definition) is 3. The van der Waals surface area contributed by atoms with Gasteiger partial charge in [0.2, 0.25) is 0 Å². The standard InChI is InChI=1S/C21H23BrF2N4/c1-12-7-15-14(3-4-18-16(15)9-25-26-18)19(28(12)11-21(24)5-6-21)20-17(23)8-13(22)10-27(20)2/h3-4,8-10,12,19-20H,5-7,11H2,1-2H3,(H,25,26)/t12-,19+,20?/m1/s1. The molecule has 0 amide bonds. The minimum atomic E-state index is -1.13. The number of alkyl halides is 1. The molecule has 148 valence electrons. The molecular formula is C21H23BrF2N4. The van der Waals surface area contributed by atoms with Crippen molar-refractivity contribution in [2.45, 2.75) is 50.0 Å². The van der Waals surface area contributed by atoms with Crippen LogP contribution in [-0.4, -0.2) is 51.3 Å². The number of rotatable bonds is 3. The van der Waals surface area contributed by atoms with E-state index in [9.17, 15) is 4.39 Å². The molecule has 2 aliphatic heterocycles. The van der Waals surface area contributed by atoms with Crippen molar-refractivity contribution in [2.75, 3.05) is 13.6 Å². The van der Waals surface area contributed by atoms with Crippen molar-refractivity contribution >= 4 is 26.8 Å². The van der Waals surface area contributed by atoms with Gasteiger partial charge >= 0.3 is 0 Å². The Morgan fingerprint density at radius 2 is 2.11 bits per heavy atom. The Labute approximate surface area is 171 Å². The van der Waals surface area contributed by atoms with E-state index >= 15 is 4.39 Å². The molecule has 7 heteroatoms. The van der Waals surface area contributed by atoms with E-state index in [-0.39, 0.29) is 17.9 Å². The molecule has 2 aromatic rings. The number of aromatic amines is 1. The van der Waals surface area contributed by atoms with E-state index < -0.39 is 11.7 Å². The number of nitrogens with one attached hydrogen (secondary N) is 1. The first-order chi connectivity index (χ1) is 13.4. The van der Waals surface area contributed by atoms with Crippen molar-refractivity contribution in [1.82, 2.24) is 20.0 Å². The highest BCUT2D eigenvalue weighted by molar-refractivity contribution is 9.11. The molecule has 1 aromatic heterocycles. The maximum Gasteiger partial charge on any atom is 0.125 e. The van der Waals surface area contributed by atoms with Crippen molar-refractivity contribution in [1.29, 1.82) is 0 Å². The molecule has 1 fully saturated rings. The van der Waals surface area contributed by atoms with Crippen LogP contribution in [0.25, 0.3) is 10.9 Å². The van der Waals surface area contributed by atoms with Crippen molar-refractivity contribution in [2.24, 2.45) is 0 Å². The second-order valence-corrected chi connectivity index (χ2v) is 9.35. The van der Waals surface area contributed by atoms with E-state index in [0.29, 0.717) is 23.9 Å². The van der Waals surface area contributed by atoms with Gasteiger partial charge in [-0.1, -0.05) is 6.07 Å². The predicted octanol–water partition coefficient (Wildman–Crippen LogP) is 4.76. The number of likely N-dealkylation sites (N-methyl/N-ethyl adjacent to an activating group) is 1. The Bertz CT molecular complexity index is 993. The van der Waals surface area contributed by atoms with Crippen LogP contribution in [0.4, 0.5) is 8.78 Å². The fourth-order valence-electron chi connectivity index (χ4n) is 4.79. The van der Waals surface area contributed by atoms with Crippen LogP contribution in [-0.2, 0) is 6.42 Å². The van der Waals surface area contributed by atoms with Crippen molar-refractivity contribution in [3.63, 3.8) is 0 Å². The Morgan fingerprint density at radius 3 is 2.82 bits per heavy atom. The highest BCUT2D eigenvalue weighted by Crippen LogP contribution is 2.48. The Morgan fingerprint density at radius 1 is 1.32 bits per heavy atom. The molecule has 4 nitrogen and oxygen atoms in total. The summed E-state index contributed by atoms with van der Waals surface area (Å²) in [6, 6.07) is 3.42. The lowest BCUT2D eigenvalue weighted by molar-refractivity contribution is 0.0436. The highest BCUT2D eigenvalue weighted by atomic mass is 79.9. The van der Waals surface area contributed by atoms with E-state index in [1.807, 2.05) is 30.4 Å². The van der Waals surface area contributed by atoms with Crippen LogP contribution in [0.1, 0.15) is 36.9 Å². The van der Waals surface area contributed by atoms with E-state index in [1.54, 1.807) is 0 Å². The van der Waals surface area contributed by atoms with Gasteiger partial charge in [-0.15, -0.1) is 0 Å². The first kappa shape index (κ1) is 18.3. The summed E-state index contributed by atoms with van der Waals surface area (Å²) in [5.74, 6) is -0.206. The molecule has 3 aliphatic rings. The SMILES string of the molecule is C[C@@H]1Cc2c(ccc3[nH]ncc23)[C@@H](C2C(F)=CC(Br)=CN2C)N1CC1(F)CC1. The van der Waals surface area contributed by atoms with Gasteiger partial charge in [-0.25, -0.2) is 8.78 Å². The molecule has 1 aromatic carbocycles. The Hall–Kier alpha value is -1.73. The summed E-state index contributed by atoms with van der Waals surface area (Å²) < 4.78 is 30.8. The van der Waals surface area contributed by atoms with Gasteiger partial charge < -0.3 is 4.90 Å². The fourth-order valence-corrected chi connectivity index (χ4v) is 5.33. The average Bonchev–Trinajstić information content (AvgIpc) is 3.15. The second kappa shape index (κ2) is 6.39. The molecule has 0 radical (unpaired) electrons. The number of nitrogens with zero attached hydrogens (tertiary/aromatic N) is 3. The molecule has 1 saturated carbocycles. The number of allylic oxidation sites excluding steroid dienone is 2. The minimum absolute atomic E-state index is 0.113. The van der Waals surface area contributed by atoms with Crippen LogP contribution in [0.3, 0.4) is 0 Å². The smallest absolute Gasteiger partial charge is 0.125 e. The number of H-pyrrole nitrogens is 1. The van der Waals surface area contributed by atoms with Gasteiger partial charge in [0.15, 0.2) is 0 Å². The molecule has 1 N–H and O–H groups in total. The molecule has 5 rings (SSSR count). The summed E-state index contributed by atoms with van der Waals surface area (Å²) >= 11 is 3.38. The topological polar surface area (TPSA) is 35.2 Å². The third-order valence-corrected chi connectivity index (χ3v) is 6.83. The lowest BCUT2D eigenvalue weighted by atomic mass is 9.82. The predicted molar refractivity (Wildman–Crippen MR) is 110 cm³/mol. The van der Waals surface area contributed by atoms with Gasteiger partial charge in [-0.3, -0.25) is 10.00 Å². The summed E-state index contributed by atoms with van der Waals surface area (Å²) in [5, 5.41) is 8.30. The van der Waals surface area contributed by atoms with Gasteiger partial charge in [0.25, 0.3) is 0 Å². The normalized spacial score (nSPS) is 29.5. The first-order valence-electron chi connectivity index (χ1n) is 9.72. The van der Waals surface area contributed by atoms with Crippen molar-refractivity contribution in [3.05, 3.63) is 52.0 Å². The third kappa shape index (κ3) is 2.90. The van der Waals surface area contributed by atoms with E-state index in [0.717, 1.165) is 22.9 Å². The highest BCUT2D eigenvalue weighted by Gasteiger charge is 2.50. The molecule has 0 saturated heterocycles. The molecule has 3 atom stereocenters. The zero-order chi connectivity index (χ0) is 19.6. The van der Waals surface area contributed by atoms with Crippen LogP contribution >= 0.6 is 15.9 Å². The zero-order valence-corrected chi connectivity index (χ0v) is 17.5. The van der Waals surface area contributed by atoms with Crippen molar-refractivity contribution < 1.29 is 8.78 Å². The lowest BCUT2D eigenvalue weighted by Gasteiger charge is -2.48. The van der Waals surface area contributed by atoms with Gasteiger partial charge in [0.1, 0.15) is 11.5 Å².